The molecule has 1 aromatic rings. The highest BCUT2D eigenvalue weighted by Gasteiger charge is 1.97. The lowest BCUT2D eigenvalue weighted by molar-refractivity contribution is 0.800. The van der Waals surface area contributed by atoms with Crippen LogP contribution in [0.15, 0.2) is 21.8 Å². The van der Waals surface area contributed by atoms with Gasteiger partial charge in [0.05, 0.1) is 12.2 Å². The minimum atomic E-state index is -0.0330. The normalized spacial score (nSPS) is 10.0. The molecular formula is C6H7BrN2OS. The number of thioether (sulfide) groups is 1. The molecule has 0 aliphatic rings. The van der Waals surface area contributed by atoms with E-state index in [0.717, 1.165) is 0 Å². The van der Waals surface area contributed by atoms with Gasteiger partial charge in [0, 0.05) is 6.20 Å². The molecule has 1 rings (SSSR count). The minimum absolute atomic E-state index is 0.0330. The van der Waals surface area contributed by atoms with E-state index in [4.69, 9.17) is 0 Å². The summed E-state index contributed by atoms with van der Waals surface area (Å²) in [6.07, 6.45) is 4.97. The molecule has 0 bridgehead atoms. The van der Waals surface area contributed by atoms with Gasteiger partial charge >= 0.3 is 0 Å². The molecule has 0 N–H and O–H groups in total. The molecule has 5 heteroatoms. The summed E-state index contributed by atoms with van der Waals surface area (Å²) in [6, 6.07) is 0. The fourth-order valence-electron chi connectivity index (χ4n) is 0.655. The first-order chi connectivity index (χ1) is 5.25. The zero-order valence-corrected chi connectivity index (χ0v) is 8.35. The Morgan fingerprint density at radius 3 is 3.18 bits per heavy atom. The van der Waals surface area contributed by atoms with Crippen LogP contribution in [0.2, 0.25) is 0 Å². The molecule has 0 atom stereocenters. The molecule has 0 radical (unpaired) electrons. The summed E-state index contributed by atoms with van der Waals surface area (Å²) >= 11 is 4.69. The van der Waals surface area contributed by atoms with Crippen molar-refractivity contribution in [2.24, 2.45) is 0 Å². The number of hydrogen-bond donors (Lipinski definition) is 0. The van der Waals surface area contributed by atoms with Crippen molar-refractivity contribution in [3.8, 4) is 0 Å². The summed E-state index contributed by atoms with van der Waals surface area (Å²) in [5, 5.41) is 0. The predicted molar refractivity (Wildman–Crippen MR) is 49.7 cm³/mol. The molecule has 60 valence electrons. The topological polar surface area (TPSA) is 34.9 Å². The molecule has 1 aromatic heterocycles. The van der Waals surface area contributed by atoms with E-state index in [1.54, 1.807) is 16.3 Å². The Bertz CT molecular complexity index is 299. The van der Waals surface area contributed by atoms with Crippen molar-refractivity contribution in [2.75, 3.05) is 6.26 Å². The van der Waals surface area contributed by atoms with Crippen LogP contribution in [0.3, 0.4) is 0 Å². The average Bonchev–Trinajstić information content (AvgIpc) is 1.99. The van der Waals surface area contributed by atoms with Crippen molar-refractivity contribution in [1.29, 1.82) is 0 Å². The quantitative estimate of drug-likeness (QED) is 0.775. The van der Waals surface area contributed by atoms with E-state index in [-0.39, 0.29) is 5.56 Å². The molecule has 0 fully saturated rings. The van der Waals surface area contributed by atoms with Gasteiger partial charge in [0.25, 0.3) is 5.56 Å². The molecule has 0 saturated heterocycles. The van der Waals surface area contributed by atoms with E-state index in [9.17, 15) is 4.79 Å². The number of nitrogens with zero attached hydrogens (tertiary/aromatic N) is 2. The van der Waals surface area contributed by atoms with Gasteiger partial charge in [-0.2, -0.15) is 0 Å². The monoisotopic (exact) mass is 234 g/mol. The first-order valence-electron chi connectivity index (χ1n) is 2.94. The van der Waals surface area contributed by atoms with Gasteiger partial charge in [0.15, 0.2) is 0 Å². The van der Waals surface area contributed by atoms with E-state index in [0.29, 0.717) is 10.3 Å². The molecule has 0 unspecified atom stereocenters. The van der Waals surface area contributed by atoms with Crippen LogP contribution in [-0.2, 0) is 5.88 Å². The number of hydrogen-bond acceptors (Lipinski definition) is 3. The third kappa shape index (κ3) is 2.07. The van der Waals surface area contributed by atoms with Crippen LogP contribution in [0, 0.1) is 0 Å². The molecule has 0 aliphatic heterocycles. The largest absolute Gasteiger partial charge is 0.288 e. The Hall–Kier alpha value is -0.290. The smallest absolute Gasteiger partial charge is 0.268 e. The number of halogens is 1. The Balaban J connectivity index is 3.07. The van der Waals surface area contributed by atoms with Crippen molar-refractivity contribution in [3.05, 3.63) is 27.4 Å². The van der Waals surface area contributed by atoms with Crippen molar-refractivity contribution in [1.82, 2.24) is 9.55 Å². The molecule has 0 aromatic carbocycles. The third-order valence-corrected chi connectivity index (χ3v) is 2.21. The van der Waals surface area contributed by atoms with Crippen molar-refractivity contribution < 1.29 is 0 Å². The van der Waals surface area contributed by atoms with Crippen LogP contribution in [0.5, 0.6) is 0 Å². The molecule has 0 saturated carbocycles. The van der Waals surface area contributed by atoms with Crippen molar-refractivity contribution in [3.63, 3.8) is 0 Å². The molecule has 3 nitrogen and oxygen atoms in total. The summed E-state index contributed by atoms with van der Waals surface area (Å²) in [4.78, 5) is 15.1. The summed E-state index contributed by atoms with van der Waals surface area (Å²) in [7, 11) is 0. The van der Waals surface area contributed by atoms with Crippen LogP contribution in [0.4, 0.5) is 0 Å². The van der Waals surface area contributed by atoms with Gasteiger partial charge in [-0.05, 0) is 22.2 Å². The minimum Gasteiger partial charge on any atom is -0.288 e. The van der Waals surface area contributed by atoms with Gasteiger partial charge in [-0.15, -0.1) is 11.8 Å². The van der Waals surface area contributed by atoms with Gasteiger partial charge in [-0.1, -0.05) is 0 Å². The Morgan fingerprint density at radius 1 is 1.82 bits per heavy atom. The predicted octanol–water partition coefficient (Wildman–Crippen LogP) is 1.33. The highest BCUT2D eigenvalue weighted by molar-refractivity contribution is 9.10. The molecule has 1 heterocycles. The summed E-state index contributed by atoms with van der Waals surface area (Å²) in [5.41, 5.74) is -0.0330. The summed E-state index contributed by atoms with van der Waals surface area (Å²) in [5.74, 6) is 0.644. The van der Waals surface area contributed by atoms with Gasteiger partial charge in [-0.25, -0.2) is 4.98 Å². The highest BCUT2D eigenvalue weighted by Crippen LogP contribution is 2.00. The highest BCUT2D eigenvalue weighted by atomic mass is 79.9. The van der Waals surface area contributed by atoms with Crippen molar-refractivity contribution in [2.45, 2.75) is 5.88 Å². The Kier molecular flexibility index (Phi) is 3.14. The fourth-order valence-corrected chi connectivity index (χ4v) is 1.46. The fraction of sp³-hybridized carbons (Fsp3) is 0.333. The summed E-state index contributed by atoms with van der Waals surface area (Å²) < 4.78 is 2.06. The molecule has 0 amide bonds. The number of rotatable bonds is 2. The molecular weight excluding hydrogens is 228 g/mol. The second-order valence-electron chi connectivity index (χ2n) is 1.93. The first-order valence-corrected chi connectivity index (χ1v) is 5.13. The van der Waals surface area contributed by atoms with E-state index >= 15 is 0 Å². The van der Waals surface area contributed by atoms with Gasteiger partial charge in [0.2, 0.25) is 0 Å². The molecule has 11 heavy (non-hydrogen) atoms. The maximum absolute atomic E-state index is 11.2. The standard InChI is InChI=1S/C6H7BrN2OS/c1-11-4-9-3-8-2-5(7)6(9)10/h2-3H,4H2,1H3. The zero-order chi connectivity index (χ0) is 8.27. The average molecular weight is 235 g/mol. The van der Waals surface area contributed by atoms with E-state index in [1.165, 1.54) is 12.5 Å². The third-order valence-electron chi connectivity index (χ3n) is 1.13. The Labute approximate surface area is 77.0 Å². The lowest BCUT2D eigenvalue weighted by Crippen LogP contribution is -2.19. The maximum atomic E-state index is 11.2. The van der Waals surface area contributed by atoms with Gasteiger partial charge < -0.3 is 0 Å². The van der Waals surface area contributed by atoms with E-state index in [2.05, 4.69) is 20.9 Å². The van der Waals surface area contributed by atoms with Crippen LogP contribution >= 0.6 is 27.7 Å². The first kappa shape index (κ1) is 8.80. The van der Waals surface area contributed by atoms with Crippen LogP contribution in [0.1, 0.15) is 0 Å². The SMILES string of the molecule is CSCn1cncc(Br)c1=O. The summed E-state index contributed by atoms with van der Waals surface area (Å²) in [6.45, 7) is 0. The van der Waals surface area contributed by atoms with Crippen LogP contribution < -0.4 is 5.56 Å². The second kappa shape index (κ2) is 3.92. The zero-order valence-electron chi connectivity index (χ0n) is 5.95. The van der Waals surface area contributed by atoms with Crippen LogP contribution in [-0.4, -0.2) is 15.8 Å². The molecule has 0 spiro atoms. The van der Waals surface area contributed by atoms with Gasteiger partial charge in [-0.3, -0.25) is 9.36 Å². The second-order valence-corrected chi connectivity index (χ2v) is 3.62. The lowest BCUT2D eigenvalue weighted by atomic mass is 10.6. The Morgan fingerprint density at radius 2 is 2.55 bits per heavy atom. The maximum Gasteiger partial charge on any atom is 0.268 e. The van der Waals surface area contributed by atoms with E-state index in [1.807, 2.05) is 6.26 Å². The van der Waals surface area contributed by atoms with E-state index < -0.39 is 0 Å². The lowest BCUT2D eigenvalue weighted by Gasteiger charge is -2.00. The van der Waals surface area contributed by atoms with Crippen LogP contribution in [0.25, 0.3) is 0 Å². The van der Waals surface area contributed by atoms with Crippen molar-refractivity contribution >= 4 is 27.7 Å². The van der Waals surface area contributed by atoms with Gasteiger partial charge in [0.1, 0.15) is 4.47 Å². The number of aromatic nitrogens is 2. The molecule has 0 aliphatic carbocycles.